The predicted octanol–water partition coefficient (Wildman–Crippen LogP) is 4.53. The van der Waals surface area contributed by atoms with Gasteiger partial charge in [0.15, 0.2) is 0 Å². The van der Waals surface area contributed by atoms with Gasteiger partial charge in [0.05, 0.1) is 23.1 Å². The van der Waals surface area contributed by atoms with Crippen LogP contribution in [0.3, 0.4) is 0 Å². The van der Waals surface area contributed by atoms with Gasteiger partial charge in [-0.1, -0.05) is 60.0 Å². The second-order valence-electron chi connectivity index (χ2n) is 7.86. The second-order valence-corrected chi connectivity index (χ2v) is 10.6. The van der Waals surface area contributed by atoms with Crippen molar-refractivity contribution < 1.29 is 9.53 Å². The SMILES string of the molecule is Cc1cccn2c(=O)c(/C=C3\SC(=S)N(C[C@@H]4CCCO4)C3=O)c(Sc3ccccc3)nc12. The molecule has 6 nitrogen and oxygen atoms in total. The van der Waals surface area contributed by atoms with Crippen molar-refractivity contribution in [3.05, 3.63) is 75.0 Å². The summed E-state index contributed by atoms with van der Waals surface area (Å²) in [6, 6.07) is 13.5. The van der Waals surface area contributed by atoms with E-state index in [1.807, 2.05) is 49.4 Å². The van der Waals surface area contributed by atoms with E-state index >= 15 is 0 Å². The number of aryl methyl sites for hydroxylation is 1. The summed E-state index contributed by atoms with van der Waals surface area (Å²) < 4.78 is 7.70. The molecule has 168 valence electrons. The Bertz CT molecular complexity index is 1330. The van der Waals surface area contributed by atoms with Gasteiger partial charge in [-0.2, -0.15) is 0 Å². The smallest absolute Gasteiger partial charge is 0.266 e. The number of pyridine rings is 1. The van der Waals surface area contributed by atoms with Crippen LogP contribution in [-0.4, -0.2) is 43.8 Å². The monoisotopic (exact) mass is 495 g/mol. The van der Waals surface area contributed by atoms with Crippen LogP contribution in [0.25, 0.3) is 11.7 Å². The molecule has 33 heavy (non-hydrogen) atoms. The summed E-state index contributed by atoms with van der Waals surface area (Å²) in [6.07, 6.45) is 5.27. The first kappa shape index (κ1) is 22.3. The molecule has 9 heteroatoms. The molecule has 3 aromatic rings. The van der Waals surface area contributed by atoms with Crippen molar-refractivity contribution in [1.29, 1.82) is 0 Å². The lowest BCUT2D eigenvalue weighted by atomic mass is 10.2. The lowest BCUT2D eigenvalue weighted by Gasteiger charge is -2.18. The molecule has 1 amide bonds. The largest absolute Gasteiger partial charge is 0.376 e. The molecule has 0 aliphatic carbocycles. The summed E-state index contributed by atoms with van der Waals surface area (Å²) >= 11 is 8.11. The van der Waals surface area contributed by atoms with E-state index in [4.69, 9.17) is 21.9 Å². The van der Waals surface area contributed by atoms with Crippen LogP contribution < -0.4 is 5.56 Å². The van der Waals surface area contributed by atoms with Crippen LogP contribution in [0.1, 0.15) is 24.0 Å². The number of ether oxygens (including phenoxy) is 1. The van der Waals surface area contributed by atoms with Gasteiger partial charge in [0, 0.05) is 17.7 Å². The number of hydrogen-bond donors (Lipinski definition) is 0. The quantitative estimate of drug-likeness (QED) is 0.293. The number of amides is 1. The zero-order chi connectivity index (χ0) is 22.9. The Labute approximate surface area is 205 Å². The maximum atomic E-state index is 13.5. The number of hydrogen-bond acceptors (Lipinski definition) is 7. The molecule has 0 spiro atoms. The third kappa shape index (κ3) is 4.50. The van der Waals surface area contributed by atoms with E-state index in [1.165, 1.54) is 27.9 Å². The molecule has 0 saturated carbocycles. The molecule has 0 unspecified atom stereocenters. The first-order valence-electron chi connectivity index (χ1n) is 10.6. The average Bonchev–Trinajstić information content (AvgIpc) is 3.42. The van der Waals surface area contributed by atoms with Crippen LogP contribution in [0, 0.1) is 6.92 Å². The molecule has 0 N–H and O–H groups in total. The first-order chi connectivity index (χ1) is 16.0. The summed E-state index contributed by atoms with van der Waals surface area (Å²) in [5.74, 6) is -0.190. The Hall–Kier alpha value is -2.46. The highest BCUT2D eigenvalue weighted by atomic mass is 32.2. The average molecular weight is 496 g/mol. The molecule has 2 aliphatic rings. The minimum absolute atomic E-state index is 0.00647. The molecule has 4 heterocycles. The molecule has 2 aromatic heterocycles. The van der Waals surface area contributed by atoms with Crippen molar-refractivity contribution >= 4 is 57.7 Å². The van der Waals surface area contributed by atoms with Crippen molar-refractivity contribution in [3.8, 4) is 0 Å². The summed E-state index contributed by atoms with van der Waals surface area (Å²) in [6.45, 7) is 3.09. The molecular formula is C24H21N3O3S3. The zero-order valence-electron chi connectivity index (χ0n) is 17.9. The number of carbonyl (C=O) groups excluding carboxylic acids is 1. The van der Waals surface area contributed by atoms with Crippen LogP contribution in [0.5, 0.6) is 0 Å². The maximum absolute atomic E-state index is 13.5. The number of thiocarbonyl (C=S) groups is 1. The molecular weight excluding hydrogens is 474 g/mol. The third-order valence-corrected chi connectivity index (χ3v) is 7.96. The van der Waals surface area contributed by atoms with E-state index < -0.39 is 0 Å². The van der Waals surface area contributed by atoms with Gasteiger partial charge in [-0.25, -0.2) is 4.98 Å². The van der Waals surface area contributed by atoms with Crippen molar-refractivity contribution in [2.75, 3.05) is 13.2 Å². The minimum Gasteiger partial charge on any atom is -0.376 e. The maximum Gasteiger partial charge on any atom is 0.266 e. The highest BCUT2D eigenvalue weighted by Gasteiger charge is 2.35. The normalized spacial score (nSPS) is 19.8. The van der Waals surface area contributed by atoms with E-state index in [-0.39, 0.29) is 17.6 Å². The van der Waals surface area contributed by atoms with E-state index in [0.717, 1.165) is 23.3 Å². The van der Waals surface area contributed by atoms with Crippen LogP contribution in [0.2, 0.25) is 0 Å². The molecule has 0 bridgehead atoms. The Kier molecular flexibility index (Phi) is 6.38. The lowest BCUT2D eigenvalue weighted by Crippen LogP contribution is -2.35. The van der Waals surface area contributed by atoms with Gasteiger partial charge in [-0.05, 0) is 49.6 Å². The standard InChI is InChI=1S/C24H21N3O3S3/c1-15-7-5-11-26-20(15)25-21(32-17-9-3-2-4-10-17)18(22(26)28)13-19-23(29)27(24(31)33-19)14-16-8-6-12-30-16/h2-5,7,9-11,13,16H,6,8,12,14H2,1H3/b19-13-/t16-/m0/s1. The van der Waals surface area contributed by atoms with Crippen LogP contribution in [0.4, 0.5) is 0 Å². The van der Waals surface area contributed by atoms with E-state index in [2.05, 4.69) is 0 Å². The molecule has 1 aromatic carbocycles. The predicted molar refractivity (Wildman–Crippen MR) is 136 cm³/mol. The van der Waals surface area contributed by atoms with E-state index in [1.54, 1.807) is 17.2 Å². The van der Waals surface area contributed by atoms with Gasteiger partial charge >= 0.3 is 0 Å². The van der Waals surface area contributed by atoms with Crippen molar-refractivity contribution in [2.24, 2.45) is 0 Å². The number of nitrogens with zero attached hydrogens (tertiary/aromatic N) is 3. The third-order valence-electron chi connectivity index (χ3n) is 5.57. The lowest BCUT2D eigenvalue weighted by molar-refractivity contribution is -0.123. The zero-order valence-corrected chi connectivity index (χ0v) is 20.3. The second kappa shape index (κ2) is 9.42. The Balaban J connectivity index is 1.58. The number of rotatable bonds is 5. The van der Waals surface area contributed by atoms with Gasteiger partial charge in [0.25, 0.3) is 11.5 Å². The fourth-order valence-corrected chi connectivity index (χ4v) is 6.04. The number of benzene rings is 1. The van der Waals surface area contributed by atoms with Gasteiger partial charge in [-0.15, -0.1) is 0 Å². The minimum atomic E-state index is -0.216. The molecule has 2 fully saturated rings. The van der Waals surface area contributed by atoms with Crippen molar-refractivity contribution in [3.63, 3.8) is 0 Å². The van der Waals surface area contributed by atoms with Gasteiger partial charge in [0.2, 0.25) is 0 Å². The topological polar surface area (TPSA) is 63.9 Å². The Morgan fingerprint density at radius 2 is 2.06 bits per heavy atom. The molecule has 2 aliphatic heterocycles. The van der Waals surface area contributed by atoms with Crippen molar-refractivity contribution in [2.45, 2.75) is 35.8 Å². The van der Waals surface area contributed by atoms with Gasteiger partial charge in [0.1, 0.15) is 15.0 Å². The molecule has 2 saturated heterocycles. The van der Waals surface area contributed by atoms with Crippen LogP contribution in [0.15, 0.2) is 68.3 Å². The van der Waals surface area contributed by atoms with Crippen molar-refractivity contribution in [1.82, 2.24) is 14.3 Å². The summed E-state index contributed by atoms with van der Waals surface area (Å²) in [5, 5.41) is 0.560. The van der Waals surface area contributed by atoms with Crippen LogP contribution >= 0.6 is 35.7 Å². The summed E-state index contributed by atoms with van der Waals surface area (Å²) in [7, 11) is 0. The fraction of sp³-hybridized carbons (Fsp3) is 0.250. The number of aromatic nitrogens is 2. The molecule has 5 rings (SSSR count). The fourth-order valence-electron chi connectivity index (χ4n) is 3.87. The molecule has 0 radical (unpaired) electrons. The molecule has 1 atom stereocenters. The Morgan fingerprint density at radius 3 is 2.82 bits per heavy atom. The van der Waals surface area contributed by atoms with Gasteiger partial charge in [-0.3, -0.25) is 18.9 Å². The number of fused-ring (bicyclic) bond motifs is 1. The van der Waals surface area contributed by atoms with E-state index in [0.29, 0.717) is 38.6 Å². The van der Waals surface area contributed by atoms with Gasteiger partial charge < -0.3 is 4.74 Å². The summed E-state index contributed by atoms with van der Waals surface area (Å²) in [4.78, 5) is 34.5. The van der Waals surface area contributed by atoms with E-state index in [9.17, 15) is 9.59 Å². The first-order valence-corrected chi connectivity index (χ1v) is 12.7. The number of carbonyl (C=O) groups is 1. The highest BCUT2D eigenvalue weighted by molar-refractivity contribution is 8.26. The van der Waals surface area contributed by atoms with Crippen LogP contribution in [-0.2, 0) is 9.53 Å². The number of thioether (sulfide) groups is 1. The highest BCUT2D eigenvalue weighted by Crippen LogP contribution is 2.35. The summed E-state index contributed by atoms with van der Waals surface area (Å²) in [5.41, 5.74) is 1.67. The Morgan fingerprint density at radius 1 is 1.24 bits per heavy atom.